The second-order valence-corrected chi connectivity index (χ2v) is 10.9. The van der Waals surface area contributed by atoms with Crippen LogP contribution < -0.4 is 0 Å². The van der Waals surface area contributed by atoms with Crippen LogP contribution in [0.1, 0.15) is 53.4 Å². The molecule has 1 unspecified atom stereocenters. The van der Waals surface area contributed by atoms with Crippen LogP contribution in [0.3, 0.4) is 0 Å². The smallest absolute Gasteiger partial charge is 0.193 e. The first kappa shape index (κ1) is 21.4. The number of halogens is 1. The number of carbonyl (C=O) groups is 2. The van der Waals surface area contributed by atoms with Crippen LogP contribution in [0.15, 0.2) is 23.8 Å². The van der Waals surface area contributed by atoms with Gasteiger partial charge in [-0.3, -0.25) is 9.59 Å². The number of ketones is 2. The van der Waals surface area contributed by atoms with E-state index in [1.807, 2.05) is 6.92 Å². The Labute approximate surface area is 181 Å². The second kappa shape index (κ2) is 6.13. The first-order chi connectivity index (χ1) is 14.4. The van der Waals surface area contributed by atoms with E-state index in [4.69, 9.17) is 9.47 Å². The summed E-state index contributed by atoms with van der Waals surface area (Å²) in [5, 5.41) is 21.2. The van der Waals surface area contributed by atoms with Gasteiger partial charge in [0.15, 0.2) is 28.6 Å². The molecule has 0 radical (unpaired) electrons. The monoisotopic (exact) mass is 434 g/mol. The van der Waals surface area contributed by atoms with Gasteiger partial charge < -0.3 is 19.7 Å². The molecule has 5 aliphatic rings. The molecule has 0 aromatic heterocycles. The van der Waals surface area contributed by atoms with Crippen molar-refractivity contribution in [2.24, 2.45) is 22.7 Å². The predicted molar refractivity (Wildman–Crippen MR) is 109 cm³/mol. The van der Waals surface area contributed by atoms with Crippen molar-refractivity contribution in [1.29, 1.82) is 0 Å². The van der Waals surface area contributed by atoms with E-state index >= 15 is 4.39 Å². The number of allylic oxidation sites excluding steroid dienone is 4. The number of alkyl halides is 1. The standard InChI is InChI=1S/C24H31FO6/c1-20(2)30-19-10-16-15-6-5-13-9-14(27)7-8-21(13,3)23(15,25)17(28)11-22(16,4)24(19,31-20)18(29)12-26/h7-9,15-17,19,26,28H,5-6,10-12H2,1-4H3/t15-,16+,17-,19+,21-,22-,23?,24+/m0/s1. The van der Waals surface area contributed by atoms with Gasteiger partial charge in [0.2, 0.25) is 0 Å². The summed E-state index contributed by atoms with van der Waals surface area (Å²) in [6.07, 6.45) is 4.00. The molecule has 1 aliphatic heterocycles. The third kappa shape index (κ3) is 2.31. The van der Waals surface area contributed by atoms with Crippen molar-refractivity contribution in [2.45, 2.75) is 82.6 Å². The summed E-state index contributed by atoms with van der Waals surface area (Å²) in [5.74, 6) is -2.46. The van der Waals surface area contributed by atoms with Crippen LogP contribution in [0, 0.1) is 22.7 Å². The van der Waals surface area contributed by atoms with Crippen molar-refractivity contribution in [2.75, 3.05) is 6.61 Å². The second-order valence-electron chi connectivity index (χ2n) is 10.9. The highest BCUT2D eigenvalue weighted by Crippen LogP contribution is 2.72. The normalized spacial score (nSPS) is 52.1. The Morgan fingerprint density at radius 1 is 1.26 bits per heavy atom. The zero-order valence-corrected chi connectivity index (χ0v) is 18.5. The van der Waals surface area contributed by atoms with Gasteiger partial charge in [0.05, 0.1) is 12.2 Å². The van der Waals surface area contributed by atoms with Crippen molar-refractivity contribution in [3.63, 3.8) is 0 Å². The summed E-state index contributed by atoms with van der Waals surface area (Å²) >= 11 is 0. The molecule has 0 bridgehead atoms. The molecule has 0 spiro atoms. The maximum absolute atomic E-state index is 17.1. The van der Waals surface area contributed by atoms with Crippen LogP contribution in [0.2, 0.25) is 0 Å². The minimum Gasteiger partial charge on any atom is -0.390 e. The van der Waals surface area contributed by atoms with E-state index in [2.05, 4.69) is 0 Å². The zero-order valence-electron chi connectivity index (χ0n) is 18.5. The van der Waals surface area contributed by atoms with Crippen LogP contribution in [-0.4, -0.2) is 57.7 Å². The summed E-state index contributed by atoms with van der Waals surface area (Å²) < 4.78 is 29.5. The molecule has 5 rings (SSSR count). The minimum absolute atomic E-state index is 0.0109. The number of rotatable bonds is 2. The summed E-state index contributed by atoms with van der Waals surface area (Å²) in [6, 6.07) is 0. The van der Waals surface area contributed by atoms with E-state index < -0.39 is 58.4 Å². The van der Waals surface area contributed by atoms with E-state index in [-0.39, 0.29) is 18.1 Å². The van der Waals surface area contributed by atoms with Crippen molar-refractivity contribution in [3.8, 4) is 0 Å². The molecule has 7 heteroatoms. The van der Waals surface area contributed by atoms with E-state index in [1.54, 1.807) is 26.8 Å². The lowest BCUT2D eigenvalue weighted by Crippen LogP contribution is -2.70. The van der Waals surface area contributed by atoms with E-state index in [0.717, 1.165) is 5.57 Å². The Kier molecular flexibility index (Phi) is 4.24. The Balaban J connectivity index is 1.64. The first-order valence-electron chi connectivity index (χ1n) is 11.2. The largest absolute Gasteiger partial charge is 0.390 e. The number of aliphatic hydroxyl groups is 2. The molecule has 1 heterocycles. The number of carbonyl (C=O) groups excluding carboxylic acids is 2. The highest BCUT2D eigenvalue weighted by Gasteiger charge is 2.79. The number of hydrogen-bond donors (Lipinski definition) is 2. The van der Waals surface area contributed by atoms with Gasteiger partial charge in [0, 0.05) is 16.7 Å². The lowest BCUT2D eigenvalue weighted by Gasteiger charge is -2.62. The summed E-state index contributed by atoms with van der Waals surface area (Å²) in [5.41, 5.74) is -4.66. The van der Waals surface area contributed by atoms with Crippen LogP contribution in [-0.2, 0) is 19.1 Å². The van der Waals surface area contributed by atoms with Crippen LogP contribution in [0.5, 0.6) is 0 Å². The van der Waals surface area contributed by atoms with Gasteiger partial charge >= 0.3 is 0 Å². The predicted octanol–water partition coefficient (Wildman–Crippen LogP) is 2.42. The SMILES string of the molecule is CC1(C)O[C@@H]2C[C@@H]3[C@@H]4CCC5=CC(=O)C=C[C@]5(C)C4(F)[C@@H](O)C[C@]3(C)[C@]2(C(=O)CO)O1. The fourth-order valence-electron chi connectivity index (χ4n) is 7.93. The molecule has 170 valence electrons. The Morgan fingerprint density at radius 3 is 2.65 bits per heavy atom. The fourth-order valence-corrected chi connectivity index (χ4v) is 7.93. The molecule has 4 fully saturated rings. The number of fused-ring (bicyclic) bond motifs is 7. The number of Topliss-reactive ketones (excluding diaryl/α,β-unsaturated/α-hetero) is 1. The molecule has 0 amide bonds. The maximum atomic E-state index is 17.1. The lowest BCUT2D eigenvalue weighted by molar-refractivity contribution is -0.246. The molecule has 0 aromatic carbocycles. The topological polar surface area (TPSA) is 93.1 Å². The summed E-state index contributed by atoms with van der Waals surface area (Å²) in [6.45, 7) is 6.41. The van der Waals surface area contributed by atoms with Crippen molar-refractivity contribution in [1.82, 2.24) is 0 Å². The average molecular weight is 435 g/mol. The Morgan fingerprint density at radius 2 is 1.97 bits per heavy atom. The van der Waals surface area contributed by atoms with Gasteiger partial charge in [-0.2, -0.15) is 0 Å². The van der Waals surface area contributed by atoms with Crippen molar-refractivity contribution >= 4 is 11.6 Å². The molecular formula is C24H31FO6. The summed E-state index contributed by atoms with van der Waals surface area (Å²) in [7, 11) is 0. The van der Waals surface area contributed by atoms with Gasteiger partial charge in [-0.25, -0.2) is 4.39 Å². The minimum atomic E-state index is -1.98. The average Bonchev–Trinajstić information content (AvgIpc) is 3.09. The zero-order chi connectivity index (χ0) is 22.6. The van der Waals surface area contributed by atoms with Gasteiger partial charge in [-0.15, -0.1) is 0 Å². The van der Waals surface area contributed by atoms with Crippen LogP contribution in [0.25, 0.3) is 0 Å². The first-order valence-corrected chi connectivity index (χ1v) is 11.2. The summed E-state index contributed by atoms with van der Waals surface area (Å²) in [4.78, 5) is 25.1. The molecule has 2 N–H and O–H groups in total. The number of aliphatic hydroxyl groups excluding tert-OH is 2. The van der Waals surface area contributed by atoms with E-state index in [9.17, 15) is 19.8 Å². The van der Waals surface area contributed by atoms with Gasteiger partial charge in [-0.05, 0) is 64.5 Å². The highest BCUT2D eigenvalue weighted by molar-refractivity contribution is 6.01. The molecule has 1 saturated heterocycles. The maximum Gasteiger partial charge on any atom is 0.193 e. The van der Waals surface area contributed by atoms with E-state index in [1.165, 1.54) is 12.2 Å². The number of ether oxygens (including phenoxy) is 2. The molecular weight excluding hydrogens is 403 g/mol. The van der Waals surface area contributed by atoms with Gasteiger partial charge in [-0.1, -0.05) is 18.6 Å². The molecule has 0 aromatic rings. The molecule has 3 saturated carbocycles. The van der Waals surface area contributed by atoms with Gasteiger partial charge in [0.1, 0.15) is 6.61 Å². The molecule has 8 atom stereocenters. The van der Waals surface area contributed by atoms with Gasteiger partial charge in [0.25, 0.3) is 0 Å². The van der Waals surface area contributed by atoms with Crippen LogP contribution in [0.4, 0.5) is 4.39 Å². The Bertz CT molecular complexity index is 925. The lowest BCUT2D eigenvalue weighted by atomic mass is 9.44. The third-order valence-corrected chi connectivity index (χ3v) is 9.19. The molecule has 31 heavy (non-hydrogen) atoms. The Hall–Kier alpha value is -1.41. The fraction of sp³-hybridized carbons (Fsp3) is 0.750. The number of hydrogen-bond acceptors (Lipinski definition) is 6. The van der Waals surface area contributed by atoms with Crippen LogP contribution >= 0.6 is 0 Å². The highest BCUT2D eigenvalue weighted by atomic mass is 19.1. The molecule has 6 nitrogen and oxygen atoms in total. The van der Waals surface area contributed by atoms with Crippen molar-refractivity contribution < 1.29 is 33.7 Å². The third-order valence-electron chi connectivity index (χ3n) is 9.19. The quantitative estimate of drug-likeness (QED) is 0.694. The van der Waals surface area contributed by atoms with Crippen molar-refractivity contribution in [3.05, 3.63) is 23.8 Å². The van der Waals surface area contributed by atoms with E-state index in [0.29, 0.717) is 19.3 Å². The molecule has 4 aliphatic carbocycles.